The van der Waals surface area contributed by atoms with Gasteiger partial charge in [0, 0.05) is 57.3 Å². The molecule has 0 aromatic carbocycles. The highest BCUT2D eigenvalue weighted by Gasteiger charge is 2.23. The molecule has 0 aliphatic carbocycles. The second kappa shape index (κ2) is 7.40. The van der Waals surface area contributed by atoms with E-state index in [-0.39, 0.29) is 5.91 Å². The van der Waals surface area contributed by atoms with Crippen LogP contribution in [0.5, 0.6) is 0 Å². The average Bonchev–Trinajstić information content (AvgIpc) is 3.08. The summed E-state index contributed by atoms with van der Waals surface area (Å²) in [6, 6.07) is 4.18. The van der Waals surface area contributed by atoms with Crippen molar-refractivity contribution in [3.05, 3.63) is 48.3 Å². The highest BCUT2D eigenvalue weighted by molar-refractivity contribution is 5.76. The van der Waals surface area contributed by atoms with Gasteiger partial charge in [-0.2, -0.15) is 0 Å². The van der Waals surface area contributed by atoms with Gasteiger partial charge in [-0.3, -0.25) is 9.78 Å². The molecule has 122 valence electrons. The van der Waals surface area contributed by atoms with Gasteiger partial charge in [-0.25, -0.2) is 4.98 Å². The first-order chi connectivity index (χ1) is 11.3. The third-order valence-corrected chi connectivity index (χ3v) is 4.71. The van der Waals surface area contributed by atoms with Crippen LogP contribution in [0.25, 0.3) is 0 Å². The third kappa shape index (κ3) is 3.78. The fourth-order valence-corrected chi connectivity index (χ4v) is 3.33. The van der Waals surface area contributed by atoms with Crippen molar-refractivity contribution in [3.63, 3.8) is 0 Å². The molecule has 1 aliphatic heterocycles. The number of likely N-dealkylation sites (tertiary alicyclic amines) is 1. The molecule has 0 atom stereocenters. The van der Waals surface area contributed by atoms with Crippen LogP contribution in [-0.2, 0) is 17.8 Å². The first-order valence-electron chi connectivity index (χ1n) is 8.45. The van der Waals surface area contributed by atoms with Crippen molar-refractivity contribution in [3.8, 4) is 0 Å². The number of hydrogen-bond acceptors (Lipinski definition) is 3. The lowest BCUT2D eigenvalue weighted by Gasteiger charge is -2.32. The standard InChI is InChI=1S/C18H24N4O/c1-2-17-20-10-14-21(17)13-7-18(23)22-11-5-16(6-12-22)15-3-8-19-9-4-15/h3-4,8-10,14,16H,2,5-7,11-13H2,1H3. The number of carbonyl (C=O) groups excluding carboxylic acids is 1. The molecule has 5 heteroatoms. The molecular formula is C18H24N4O. The number of imidazole rings is 1. The Hall–Kier alpha value is -2.17. The topological polar surface area (TPSA) is 51.0 Å². The van der Waals surface area contributed by atoms with Gasteiger partial charge in [-0.15, -0.1) is 0 Å². The number of rotatable bonds is 5. The number of aryl methyl sites for hydroxylation is 2. The predicted octanol–water partition coefficient (Wildman–Crippen LogP) is 2.64. The molecule has 0 spiro atoms. The second-order valence-corrected chi connectivity index (χ2v) is 6.08. The highest BCUT2D eigenvalue weighted by Crippen LogP contribution is 2.27. The predicted molar refractivity (Wildman–Crippen MR) is 89.0 cm³/mol. The number of amides is 1. The summed E-state index contributed by atoms with van der Waals surface area (Å²) >= 11 is 0. The van der Waals surface area contributed by atoms with Crippen molar-refractivity contribution in [1.29, 1.82) is 0 Å². The Morgan fingerprint density at radius 1 is 1.22 bits per heavy atom. The molecule has 1 amide bonds. The lowest BCUT2D eigenvalue weighted by Crippen LogP contribution is -2.38. The Labute approximate surface area is 137 Å². The van der Waals surface area contributed by atoms with Crippen LogP contribution in [0, 0.1) is 0 Å². The number of hydrogen-bond donors (Lipinski definition) is 0. The zero-order valence-electron chi connectivity index (χ0n) is 13.7. The van der Waals surface area contributed by atoms with Crippen molar-refractivity contribution in [2.75, 3.05) is 13.1 Å². The number of piperidine rings is 1. The highest BCUT2D eigenvalue weighted by atomic mass is 16.2. The molecule has 2 aromatic heterocycles. The molecular weight excluding hydrogens is 288 g/mol. The van der Waals surface area contributed by atoms with E-state index in [2.05, 4.69) is 33.6 Å². The van der Waals surface area contributed by atoms with Gasteiger partial charge in [0.15, 0.2) is 0 Å². The quantitative estimate of drug-likeness (QED) is 0.853. The van der Waals surface area contributed by atoms with E-state index >= 15 is 0 Å². The van der Waals surface area contributed by atoms with E-state index in [0.29, 0.717) is 12.3 Å². The first kappa shape index (κ1) is 15.7. The fraction of sp³-hybridized carbons (Fsp3) is 0.500. The van der Waals surface area contributed by atoms with E-state index in [0.717, 1.165) is 44.7 Å². The summed E-state index contributed by atoms with van der Waals surface area (Å²) in [6.45, 7) is 4.53. The van der Waals surface area contributed by atoms with Crippen LogP contribution in [0.4, 0.5) is 0 Å². The fourth-order valence-electron chi connectivity index (χ4n) is 3.33. The molecule has 5 nitrogen and oxygen atoms in total. The Balaban J connectivity index is 1.48. The van der Waals surface area contributed by atoms with E-state index in [4.69, 9.17) is 0 Å². The van der Waals surface area contributed by atoms with E-state index in [1.807, 2.05) is 29.7 Å². The maximum Gasteiger partial charge on any atom is 0.224 e. The van der Waals surface area contributed by atoms with Gasteiger partial charge in [0.1, 0.15) is 5.82 Å². The number of aromatic nitrogens is 3. The smallest absolute Gasteiger partial charge is 0.224 e. The SMILES string of the molecule is CCc1nccn1CCC(=O)N1CCC(c2ccncc2)CC1. The molecule has 0 bridgehead atoms. The van der Waals surface area contributed by atoms with E-state index in [9.17, 15) is 4.79 Å². The van der Waals surface area contributed by atoms with Gasteiger partial charge >= 0.3 is 0 Å². The van der Waals surface area contributed by atoms with E-state index < -0.39 is 0 Å². The molecule has 1 aliphatic rings. The van der Waals surface area contributed by atoms with Crippen LogP contribution >= 0.6 is 0 Å². The van der Waals surface area contributed by atoms with Crippen molar-refractivity contribution in [1.82, 2.24) is 19.4 Å². The minimum atomic E-state index is 0.258. The average molecular weight is 312 g/mol. The normalized spacial score (nSPS) is 15.8. The number of pyridine rings is 1. The Morgan fingerprint density at radius 3 is 2.65 bits per heavy atom. The zero-order valence-corrected chi connectivity index (χ0v) is 13.7. The molecule has 0 unspecified atom stereocenters. The van der Waals surface area contributed by atoms with Gasteiger partial charge in [0.25, 0.3) is 0 Å². The molecule has 0 radical (unpaired) electrons. The van der Waals surface area contributed by atoms with Gasteiger partial charge in [0.2, 0.25) is 5.91 Å². The Bertz CT molecular complexity index is 629. The molecule has 2 aromatic rings. The van der Waals surface area contributed by atoms with Crippen LogP contribution in [0.15, 0.2) is 36.9 Å². The number of carbonyl (C=O) groups is 1. The second-order valence-electron chi connectivity index (χ2n) is 6.08. The summed E-state index contributed by atoms with van der Waals surface area (Å²) in [4.78, 5) is 22.8. The molecule has 0 saturated carbocycles. The van der Waals surface area contributed by atoms with E-state index in [1.165, 1.54) is 5.56 Å². The van der Waals surface area contributed by atoms with Gasteiger partial charge in [0.05, 0.1) is 0 Å². The van der Waals surface area contributed by atoms with E-state index in [1.54, 1.807) is 0 Å². The van der Waals surface area contributed by atoms with Crippen molar-refractivity contribution in [2.24, 2.45) is 0 Å². The first-order valence-corrected chi connectivity index (χ1v) is 8.45. The van der Waals surface area contributed by atoms with Gasteiger partial charge < -0.3 is 9.47 Å². The Kier molecular flexibility index (Phi) is 5.05. The lowest BCUT2D eigenvalue weighted by molar-refractivity contribution is -0.132. The summed E-state index contributed by atoms with van der Waals surface area (Å²) in [5.74, 6) is 1.87. The molecule has 3 rings (SSSR count). The van der Waals surface area contributed by atoms with Crippen LogP contribution in [-0.4, -0.2) is 38.4 Å². The van der Waals surface area contributed by atoms with Crippen molar-refractivity contribution < 1.29 is 4.79 Å². The van der Waals surface area contributed by atoms with Crippen molar-refractivity contribution in [2.45, 2.75) is 45.1 Å². The van der Waals surface area contributed by atoms with Gasteiger partial charge in [-0.05, 0) is 36.5 Å². The minimum Gasteiger partial charge on any atom is -0.343 e. The van der Waals surface area contributed by atoms with Crippen LogP contribution < -0.4 is 0 Å². The lowest BCUT2D eigenvalue weighted by atomic mass is 9.90. The van der Waals surface area contributed by atoms with Crippen molar-refractivity contribution >= 4 is 5.91 Å². The Morgan fingerprint density at radius 2 is 1.96 bits per heavy atom. The monoisotopic (exact) mass is 312 g/mol. The summed E-state index contributed by atoms with van der Waals surface area (Å²) in [5, 5.41) is 0. The molecule has 0 N–H and O–H groups in total. The minimum absolute atomic E-state index is 0.258. The molecule has 1 saturated heterocycles. The van der Waals surface area contributed by atoms with Crippen LogP contribution in [0.1, 0.15) is 43.5 Å². The molecule has 3 heterocycles. The molecule has 23 heavy (non-hydrogen) atoms. The number of nitrogens with zero attached hydrogens (tertiary/aromatic N) is 4. The summed E-state index contributed by atoms with van der Waals surface area (Å²) in [5.41, 5.74) is 1.35. The van der Waals surface area contributed by atoms with Crippen LogP contribution in [0.2, 0.25) is 0 Å². The summed E-state index contributed by atoms with van der Waals surface area (Å²) < 4.78 is 2.08. The van der Waals surface area contributed by atoms with Crippen LogP contribution in [0.3, 0.4) is 0 Å². The summed E-state index contributed by atoms with van der Waals surface area (Å²) in [7, 11) is 0. The largest absolute Gasteiger partial charge is 0.343 e. The maximum absolute atomic E-state index is 12.4. The maximum atomic E-state index is 12.4. The molecule has 1 fully saturated rings. The van der Waals surface area contributed by atoms with Gasteiger partial charge in [-0.1, -0.05) is 6.92 Å². The third-order valence-electron chi connectivity index (χ3n) is 4.71. The zero-order chi connectivity index (χ0) is 16.1. The summed E-state index contributed by atoms with van der Waals surface area (Å²) in [6.07, 6.45) is 11.0.